The van der Waals surface area contributed by atoms with Gasteiger partial charge in [0.1, 0.15) is 0 Å². The predicted molar refractivity (Wildman–Crippen MR) is 229 cm³/mol. The Morgan fingerprint density at radius 3 is 1.72 bits per heavy atom. The Bertz CT molecular complexity index is 1810. The number of aliphatic hydroxyl groups is 1. The molecule has 304 valence electrons. The van der Waals surface area contributed by atoms with Crippen LogP contribution in [0.4, 0.5) is 0 Å². The van der Waals surface area contributed by atoms with Crippen LogP contribution in [0.2, 0.25) is 0 Å². The van der Waals surface area contributed by atoms with Crippen molar-refractivity contribution in [2.75, 3.05) is 19.6 Å². The lowest BCUT2D eigenvalue weighted by Crippen LogP contribution is -2.45. The molecule has 1 saturated heterocycles. The Morgan fingerprint density at radius 1 is 0.614 bits per heavy atom. The van der Waals surface area contributed by atoms with Crippen molar-refractivity contribution in [3.8, 4) is 11.1 Å². The van der Waals surface area contributed by atoms with E-state index in [1.165, 1.54) is 81.9 Å². The maximum absolute atomic E-state index is 13.2. The summed E-state index contributed by atoms with van der Waals surface area (Å²) in [5.74, 6) is -0.394. The van der Waals surface area contributed by atoms with Gasteiger partial charge in [0.15, 0.2) is 6.29 Å². The number of carbonyl (C=O) groups excluding carboxylic acids is 2. The van der Waals surface area contributed by atoms with Crippen molar-refractivity contribution in [3.05, 3.63) is 130 Å². The quantitative estimate of drug-likeness (QED) is 0.0633. The smallest absolute Gasteiger partial charge is 0.261 e. The van der Waals surface area contributed by atoms with E-state index in [0.29, 0.717) is 11.1 Å². The van der Waals surface area contributed by atoms with Gasteiger partial charge in [-0.3, -0.25) is 14.5 Å². The van der Waals surface area contributed by atoms with Gasteiger partial charge in [0.05, 0.1) is 36.5 Å². The number of imide groups is 1. The van der Waals surface area contributed by atoms with Gasteiger partial charge in [-0.15, -0.1) is 0 Å². The highest BCUT2D eigenvalue weighted by Crippen LogP contribution is 2.42. The number of unbranched alkanes of at least 4 members (excludes halogenated alkanes) is 10. The lowest BCUT2D eigenvalue weighted by Gasteiger charge is -2.43. The van der Waals surface area contributed by atoms with E-state index in [1.807, 2.05) is 36.4 Å². The minimum absolute atomic E-state index is 0.00927. The number of fused-ring (bicyclic) bond motifs is 1. The Hall–Kier alpha value is -4.14. The monoisotopic (exact) mass is 772 g/mol. The van der Waals surface area contributed by atoms with Gasteiger partial charge in [-0.1, -0.05) is 170 Å². The number of carbonyl (C=O) groups is 2. The molecule has 0 radical (unpaired) electrons. The number of hydrogen-bond acceptors (Lipinski definition) is 6. The molecule has 1 N–H and O–H groups in total. The number of benzene rings is 4. The summed E-state index contributed by atoms with van der Waals surface area (Å²) in [5, 5.41) is 9.75. The molecule has 2 aliphatic heterocycles. The van der Waals surface area contributed by atoms with E-state index in [9.17, 15) is 14.7 Å². The first kappa shape index (κ1) is 42.5. The summed E-state index contributed by atoms with van der Waals surface area (Å²) in [4.78, 5) is 30.4. The van der Waals surface area contributed by atoms with Crippen molar-refractivity contribution in [2.24, 2.45) is 5.92 Å². The molecule has 7 heteroatoms. The average Bonchev–Trinajstić information content (AvgIpc) is 3.48. The molecule has 0 spiro atoms. The minimum Gasteiger partial charge on any atom is -0.392 e. The van der Waals surface area contributed by atoms with Gasteiger partial charge in [0.25, 0.3) is 11.8 Å². The summed E-state index contributed by atoms with van der Waals surface area (Å²) in [6.45, 7) is 10.0. The second kappa shape index (κ2) is 21.6. The molecule has 2 amide bonds. The fourth-order valence-corrected chi connectivity index (χ4v) is 8.42. The maximum Gasteiger partial charge on any atom is 0.261 e. The molecule has 2 heterocycles. The molecule has 4 atom stereocenters. The summed E-state index contributed by atoms with van der Waals surface area (Å²) >= 11 is 0. The molecule has 57 heavy (non-hydrogen) atoms. The Morgan fingerprint density at radius 2 is 1.14 bits per heavy atom. The molecular weight excluding hydrogens is 709 g/mol. The van der Waals surface area contributed by atoms with Crippen LogP contribution in [0.25, 0.3) is 11.1 Å². The van der Waals surface area contributed by atoms with Crippen LogP contribution in [0.5, 0.6) is 0 Å². The zero-order chi connectivity index (χ0) is 40.0. The molecule has 0 bridgehead atoms. The molecule has 6 rings (SSSR count). The van der Waals surface area contributed by atoms with Crippen LogP contribution < -0.4 is 0 Å². The second-order valence-electron chi connectivity index (χ2n) is 16.2. The SMILES string of the molecule is CCCCCCCCN(CCCCCCCC)CC1OC(c2ccc(-c3ccccc3CN3C(=O)c4ccccc4C3=O)cc2)OC(c2ccc(CO)cc2)C1C. The Labute approximate surface area is 341 Å². The lowest BCUT2D eigenvalue weighted by atomic mass is 9.89. The number of rotatable bonds is 22. The van der Waals surface area contributed by atoms with Gasteiger partial charge in [0, 0.05) is 18.0 Å². The minimum atomic E-state index is -0.554. The lowest BCUT2D eigenvalue weighted by molar-refractivity contribution is -0.276. The van der Waals surface area contributed by atoms with E-state index >= 15 is 0 Å². The first-order chi connectivity index (χ1) is 27.9. The molecule has 2 aliphatic rings. The number of aliphatic hydroxyl groups excluding tert-OH is 1. The van der Waals surface area contributed by atoms with E-state index in [4.69, 9.17) is 9.47 Å². The Balaban J connectivity index is 1.20. The fraction of sp³-hybridized carbons (Fsp3) is 0.480. The Kier molecular flexibility index (Phi) is 16.1. The predicted octanol–water partition coefficient (Wildman–Crippen LogP) is 11.5. The van der Waals surface area contributed by atoms with Gasteiger partial charge in [0.2, 0.25) is 0 Å². The number of ether oxygens (including phenoxy) is 2. The molecule has 4 unspecified atom stereocenters. The molecule has 4 aromatic rings. The number of nitrogens with zero attached hydrogens (tertiary/aromatic N) is 2. The highest BCUT2D eigenvalue weighted by atomic mass is 16.7. The largest absolute Gasteiger partial charge is 0.392 e. The van der Waals surface area contributed by atoms with Gasteiger partial charge < -0.3 is 19.5 Å². The topological polar surface area (TPSA) is 79.3 Å². The molecule has 0 aliphatic carbocycles. The highest BCUT2D eigenvalue weighted by molar-refractivity contribution is 6.21. The van der Waals surface area contributed by atoms with Crippen molar-refractivity contribution in [3.63, 3.8) is 0 Å². The summed E-state index contributed by atoms with van der Waals surface area (Å²) < 4.78 is 13.8. The number of hydrogen-bond donors (Lipinski definition) is 1. The van der Waals surface area contributed by atoms with Crippen LogP contribution >= 0.6 is 0 Å². The van der Waals surface area contributed by atoms with Gasteiger partial charge in [-0.25, -0.2) is 0 Å². The molecule has 0 aromatic heterocycles. The van der Waals surface area contributed by atoms with Gasteiger partial charge in [-0.2, -0.15) is 0 Å². The van der Waals surface area contributed by atoms with Crippen LogP contribution in [0.1, 0.15) is 153 Å². The first-order valence-corrected chi connectivity index (χ1v) is 21.8. The standard InChI is InChI=1S/C50H64N2O5/c1-4-6-8-10-12-18-32-51(33-19-13-11-9-7-5-2)35-46-37(3)47(40-26-24-38(36-53)25-27-40)57-50(56-46)41-30-28-39(29-31-41)43-21-15-14-20-42(43)34-52-48(54)44-22-16-17-23-45(44)49(52)55/h14-17,20-31,37,46-47,50,53H,4-13,18-19,32-36H2,1-3H3. The van der Waals surface area contributed by atoms with Crippen molar-refractivity contribution in [2.45, 2.75) is 129 Å². The van der Waals surface area contributed by atoms with E-state index in [1.54, 1.807) is 24.3 Å². The van der Waals surface area contributed by atoms with Crippen molar-refractivity contribution >= 4 is 11.8 Å². The molecule has 1 fully saturated rings. The number of amides is 2. The van der Waals surface area contributed by atoms with Crippen LogP contribution in [-0.4, -0.2) is 52.5 Å². The summed E-state index contributed by atoms with van der Waals surface area (Å²) in [6.07, 6.45) is 14.6. The van der Waals surface area contributed by atoms with E-state index in [2.05, 4.69) is 62.1 Å². The molecular formula is C50H64N2O5. The van der Waals surface area contributed by atoms with Crippen LogP contribution in [0, 0.1) is 5.92 Å². The van der Waals surface area contributed by atoms with Crippen molar-refractivity contribution in [1.29, 1.82) is 0 Å². The van der Waals surface area contributed by atoms with Crippen LogP contribution in [0.3, 0.4) is 0 Å². The summed E-state index contributed by atoms with van der Waals surface area (Å²) in [5.41, 5.74) is 6.71. The highest BCUT2D eigenvalue weighted by Gasteiger charge is 2.39. The third-order valence-corrected chi connectivity index (χ3v) is 11.9. The summed E-state index contributed by atoms with van der Waals surface area (Å²) in [7, 11) is 0. The van der Waals surface area contributed by atoms with Crippen molar-refractivity contribution in [1.82, 2.24) is 9.80 Å². The molecule has 4 aromatic carbocycles. The maximum atomic E-state index is 13.2. The normalized spacial score (nSPS) is 19.4. The van der Waals surface area contributed by atoms with E-state index in [-0.39, 0.29) is 43.1 Å². The van der Waals surface area contributed by atoms with E-state index < -0.39 is 6.29 Å². The third-order valence-electron chi connectivity index (χ3n) is 11.9. The van der Waals surface area contributed by atoms with Crippen LogP contribution in [-0.2, 0) is 22.6 Å². The average molecular weight is 773 g/mol. The third kappa shape index (κ3) is 11.1. The van der Waals surface area contributed by atoms with E-state index in [0.717, 1.165) is 53.0 Å². The van der Waals surface area contributed by atoms with Crippen molar-refractivity contribution < 1.29 is 24.2 Å². The molecule has 7 nitrogen and oxygen atoms in total. The fourth-order valence-electron chi connectivity index (χ4n) is 8.42. The van der Waals surface area contributed by atoms with Gasteiger partial charge in [-0.05, 0) is 65.9 Å². The molecule has 0 saturated carbocycles. The van der Waals surface area contributed by atoms with Gasteiger partial charge >= 0.3 is 0 Å². The summed E-state index contributed by atoms with van der Waals surface area (Å²) in [6, 6.07) is 31.5. The zero-order valence-corrected chi connectivity index (χ0v) is 34.5. The zero-order valence-electron chi connectivity index (χ0n) is 34.5. The second-order valence-corrected chi connectivity index (χ2v) is 16.2. The van der Waals surface area contributed by atoms with Crippen LogP contribution in [0.15, 0.2) is 97.1 Å². The first-order valence-electron chi connectivity index (χ1n) is 21.8.